The minimum absolute atomic E-state index is 0.00123. The highest BCUT2D eigenvalue weighted by Gasteiger charge is 2.26. The van der Waals surface area contributed by atoms with Gasteiger partial charge in [0.2, 0.25) is 0 Å². The maximum atomic E-state index is 13.8. The van der Waals surface area contributed by atoms with Crippen molar-refractivity contribution >= 4 is 22.5 Å². The molecule has 0 unspecified atom stereocenters. The molecule has 2 aromatic carbocycles. The van der Waals surface area contributed by atoms with Gasteiger partial charge >= 0.3 is 0 Å². The zero-order chi connectivity index (χ0) is 23.8. The molecule has 0 bridgehead atoms. The highest BCUT2D eigenvalue weighted by atomic mass is 16.2. The topological polar surface area (TPSA) is 66.8 Å². The van der Waals surface area contributed by atoms with E-state index in [1.165, 1.54) is 5.57 Å². The molecule has 172 valence electrons. The van der Waals surface area contributed by atoms with Gasteiger partial charge in [0.15, 0.2) is 0 Å². The van der Waals surface area contributed by atoms with E-state index >= 15 is 0 Å². The molecular formula is C29H25N5O. The standard InChI is InChI=1S/C29H25N5O/c1-20-8-5-6-11-23(20)27-26(19-34(32-27)22-9-3-2-4-10-22)29(35)33-16-13-21(14-17-33)25-18-31-28-24(25)12-7-15-30-28/h2-13,15,18-19H,14,16-17H2,1H3,(H,30,31). The van der Waals surface area contributed by atoms with E-state index in [0.717, 1.165) is 45.5 Å². The van der Waals surface area contributed by atoms with E-state index in [1.807, 2.05) is 71.9 Å². The first-order chi connectivity index (χ1) is 17.2. The smallest absolute Gasteiger partial charge is 0.258 e. The SMILES string of the molecule is Cc1ccccc1-c1nn(-c2ccccc2)cc1C(=O)N1CC=C(c2c[nH]c3ncccc23)CC1. The molecule has 1 N–H and O–H groups in total. The van der Waals surface area contributed by atoms with Crippen LogP contribution in [0, 0.1) is 6.92 Å². The van der Waals surface area contributed by atoms with Crippen LogP contribution < -0.4 is 0 Å². The first-order valence-electron chi connectivity index (χ1n) is 11.8. The molecule has 0 fully saturated rings. The molecule has 6 nitrogen and oxygen atoms in total. The number of hydrogen-bond donors (Lipinski definition) is 1. The molecule has 6 rings (SSSR count). The molecule has 1 aliphatic rings. The number of rotatable bonds is 4. The van der Waals surface area contributed by atoms with Gasteiger partial charge in [-0.15, -0.1) is 0 Å². The van der Waals surface area contributed by atoms with Gasteiger partial charge in [0, 0.05) is 48.2 Å². The monoisotopic (exact) mass is 459 g/mol. The number of aromatic nitrogens is 4. The van der Waals surface area contributed by atoms with Crippen molar-refractivity contribution in [1.29, 1.82) is 0 Å². The molecule has 1 amide bonds. The Morgan fingerprint density at radius 3 is 2.60 bits per heavy atom. The van der Waals surface area contributed by atoms with Gasteiger partial charge in [-0.05, 0) is 48.7 Å². The van der Waals surface area contributed by atoms with Crippen molar-refractivity contribution < 1.29 is 4.79 Å². The van der Waals surface area contributed by atoms with Gasteiger partial charge in [-0.1, -0.05) is 48.5 Å². The number of para-hydroxylation sites is 1. The van der Waals surface area contributed by atoms with Crippen LogP contribution in [0.25, 0.3) is 33.6 Å². The molecule has 0 radical (unpaired) electrons. The average molecular weight is 460 g/mol. The van der Waals surface area contributed by atoms with E-state index in [1.54, 1.807) is 10.9 Å². The zero-order valence-electron chi connectivity index (χ0n) is 19.5. The van der Waals surface area contributed by atoms with Gasteiger partial charge in [-0.25, -0.2) is 9.67 Å². The Morgan fingerprint density at radius 2 is 1.80 bits per heavy atom. The summed E-state index contributed by atoms with van der Waals surface area (Å²) in [5.41, 5.74) is 7.63. The van der Waals surface area contributed by atoms with E-state index in [9.17, 15) is 4.79 Å². The third kappa shape index (κ3) is 3.83. The molecule has 6 heteroatoms. The van der Waals surface area contributed by atoms with E-state index in [-0.39, 0.29) is 5.91 Å². The predicted octanol–water partition coefficient (Wildman–Crippen LogP) is 5.65. The number of amides is 1. The Labute approximate surface area is 203 Å². The molecule has 5 aromatic rings. The van der Waals surface area contributed by atoms with Gasteiger partial charge in [0.05, 0.1) is 11.3 Å². The van der Waals surface area contributed by atoms with Crippen molar-refractivity contribution in [2.45, 2.75) is 13.3 Å². The van der Waals surface area contributed by atoms with Crippen molar-refractivity contribution in [1.82, 2.24) is 24.6 Å². The lowest BCUT2D eigenvalue weighted by Gasteiger charge is -2.26. The van der Waals surface area contributed by atoms with E-state index < -0.39 is 0 Å². The van der Waals surface area contributed by atoms with Gasteiger partial charge < -0.3 is 9.88 Å². The Morgan fingerprint density at radius 1 is 0.971 bits per heavy atom. The normalized spacial score (nSPS) is 13.7. The van der Waals surface area contributed by atoms with E-state index in [2.05, 4.69) is 35.1 Å². The van der Waals surface area contributed by atoms with Crippen molar-refractivity contribution in [3.05, 3.63) is 108 Å². The number of nitrogens with one attached hydrogen (secondary N) is 1. The van der Waals surface area contributed by atoms with Crippen LogP contribution in [-0.4, -0.2) is 43.6 Å². The number of aryl methyl sites for hydroxylation is 1. The fourth-order valence-corrected chi connectivity index (χ4v) is 4.77. The fourth-order valence-electron chi connectivity index (χ4n) is 4.77. The summed E-state index contributed by atoms with van der Waals surface area (Å²) in [6.07, 6.45) is 8.62. The highest BCUT2D eigenvalue weighted by molar-refractivity contribution is 6.01. The van der Waals surface area contributed by atoms with Crippen LogP contribution in [0.15, 0.2) is 91.4 Å². The van der Waals surface area contributed by atoms with Crippen LogP contribution in [0.1, 0.15) is 27.9 Å². The molecule has 0 aliphatic carbocycles. The van der Waals surface area contributed by atoms with Crippen LogP contribution in [0.3, 0.4) is 0 Å². The minimum atomic E-state index is 0.00123. The van der Waals surface area contributed by atoms with Crippen molar-refractivity contribution in [2.24, 2.45) is 0 Å². The fraction of sp³-hybridized carbons (Fsp3) is 0.138. The summed E-state index contributed by atoms with van der Waals surface area (Å²) in [5.74, 6) is 0.00123. The molecule has 3 aromatic heterocycles. The van der Waals surface area contributed by atoms with E-state index in [4.69, 9.17) is 5.10 Å². The average Bonchev–Trinajstić information content (AvgIpc) is 3.54. The minimum Gasteiger partial charge on any atom is -0.346 e. The van der Waals surface area contributed by atoms with Gasteiger partial charge in [-0.2, -0.15) is 5.10 Å². The molecule has 0 atom stereocenters. The van der Waals surface area contributed by atoms with Gasteiger partial charge in [-0.3, -0.25) is 4.79 Å². The lowest BCUT2D eigenvalue weighted by atomic mass is 9.98. The highest BCUT2D eigenvalue weighted by Crippen LogP contribution is 2.31. The number of H-pyrrole nitrogens is 1. The first kappa shape index (κ1) is 21.1. The number of hydrogen-bond acceptors (Lipinski definition) is 3. The van der Waals surface area contributed by atoms with Crippen molar-refractivity contribution in [2.75, 3.05) is 13.1 Å². The number of benzene rings is 2. The zero-order valence-corrected chi connectivity index (χ0v) is 19.5. The van der Waals surface area contributed by atoms with E-state index in [0.29, 0.717) is 18.7 Å². The number of carbonyl (C=O) groups is 1. The second-order valence-corrected chi connectivity index (χ2v) is 8.82. The summed E-state index contributed by atoms with van der Waals surface area (Å²) in [6, 6.07) is 22.0. The number of fused-ring (bicyclic) bond motifs is 1. The second-order valence-electron chi connectivity index (χ2n) is 8.82. The van der Waals surface area contributed by atoms with Crippen molar-refractivity contribution in [3.63, 3.8) is 0 Å². The van der Waals surface area contributed by atoms with Crippen molar-refractivity contribution in [3.8, 4) is 16.9 Å². The molecule has 4 heterocycles. The first-order valence-corrected chi connectivity index (χ1v) is 11.8. The summed E-state index contributed by atoms with van der Waals surface area (Å²) < 4.78 is 1.80. The molecular weight excluding hydrogens is 434 g/mol. The molecule has 35 heavy (non-hydrogen) atoms. The quantitative estimate of drug-likeness (QED) is 0.377. The maximum absolute atomic E-state index is 13.8. The number of nitrogens with zero attached hydrogens (tertiary/aromatic N) is 4. The third-order valence-corrected chi connectivity index (χ3v) is 6.66. The number of aromatic amines is 1. The predicted molar refractivity (Wildman–Crippen MR) is 138 cm³/mol. The lowest BCUT2D eigenvalue weighted by Crippen LogP contribution is -2.34. The van der Waals surface area contributed by atoms with Crippen LogP contribution in [0.4, 0.5) is 0 Å². The maximum Gasteiger partial charge on any atom is 0.258 e. The molecule has 0 saturated carbocycles. The Balaban J connectivity index is 1.34. The van der Waals surface area contributed by atoms with Crippen LogP contribution >= 0.6 is 0 Å². The number of pyridine rings is 1. The Bertz CT molecular complexity index is 1560. The molecule has 0 saturated heterocycles. The van der Waals surface area contributed by atoms with Crippen LogP contribution in [0.2, 0.25) is 0 Å². The molecule has 0 spiro atoms. The number of carbonyl (C=O) groups excluding carboxylic acids is 1. The summed E-state index contributed by atoms with van der Waals surface area (Å²) in [6.45, 7) is 3.27. The van der Waals surface area contributed by atoms with Crippen LogP contribution in [0.5, 0.6) is 0 Å². The largest absolute Gasteiger partial charge is 0.346 e. The molecule has 1 aliphatic heterocycles. The lowest BCUT2D eigenvalue weighted by molar-refractivity contribution is 0.0773. The third-order valence-electron chi connectivity index (χ3n) is 6.66. The summed E-state index contributed by atoms with van der Waals surface area (Å²) >= 11 is 0. The van der Waals surface area contributed by atoms with Crippen LogP contribution in [-0.2, 0) is 0 Å². The second kappa shape index (κ2) is 8.72. The Kier molecular flexibility index (Phi) is 5.26. The Hall–Kier alpha value is -4.45. The van der Waals surface area contributed by atoms with Gasteiger partial charge in [0.1, 0.15) is 11.3 Å². The van der Waals surface area contributed by atoms with Gasteiger partial charge in [0.25, 0.3) is 5.91 Å². The summed E-state index contributed by atoms with van der Waals surface area (Å²) in [5, 5.41) is 5.98. The summed E-state index contributed by atoms with van der Waals surface area (Å²) in [4.78, 5) is 23.3. The summed E-state index contributed by atoms with van der Waals surface area (Å²) in [7, 11) is 0.